The van der Waals surface area contributed by atoms with Crippen LogP contribution < -0.4 is 0 Å². The molecule has 0 aliphatic heterocycles. The maximum absolute atomic E-state index is 8.13. The van der Waals surface area contributed by atoms with Gasteiger partial charge in [-0.2, -0.15) is 0 Å². The van der Waals surface area contributed by atoms with Crippen molar-refractivity contribution >= 4 is 37.6 Å². The van der Waals surface area contributed by atoms with Gasteiger partial charge in [-0.25, -0.2) is 0 Å². The topological polar surface area (TPSA) is 9.23 Å². The van der Waals surface area contributed by atoms with Crippen LogP contribution in [-0.2, 0) is 1.41 Å². The number of unbranched alkanes of at least 4 members (excludes halogenated alkanes) is 12. The Hall–Kier alpha value is 1.56. The van der Waals surface area contributed by atoms with Crippen LogP contribution in [0.15, 0.2) is 0 Å². The summed E-state index contributed by atoms with van der Waals surface area (Å²) in [5, 5.41) is 0. The first kappa shape index (κ1) is 34.6. The molecule has 0 bridgehead atoms. The molecule has 0 saturated heterocycles. The summed E-state index contributed by atoms with van der Waals surface area (Å²) in [5.41, 5.74) is 0. The van der Waals surface area contributed by atoms with E-state index in [0.717, 1.165) is 0 Å². The molecule has 0 aromatic rings. The molecule has 0 amide bonds. The second kappa shape index (κ2) is 23.9. The van der Waals surface area contributed by atoms with Gasteiger partial charge in [0.15, 0.2) is 0 Å². The van der Waals surface area contributed by atoms with E-state index in [1.807, 2.05) is 0 Å². The van der Waals surface area contributed by atoms with Crippen molar-refractivity contribution in [3.63, 3.8) is 0 Å². The van der Waals surface area contributed by atoms with Gasteiger partial charge >= 0.3 is 223 Å². The monoisotopic (exact) mass is 682 g/mol. The molecule has 0 aromatic heterocycles. The molecule has 200 valence electrons. The van der Waals surface area contributed by atoms with Gasteiger partial charge in [-0.1, -0.05) is 0 Å². The van der Waals surface area contributed by atoms with Crippen LogP contribution in [-0.4, -0.2) is 37.6 Å². The molecule has 0 saturated carbocycles. The van der Waals surface area contributed by atoms with E-state index in [1.165, 1.54) is 116 Å². The van der Waals surface area contributed by atoms with Gasteiger partial charge in [-0.3, -0.25) is 0 Å². The molecule has 33 heavy (non-hydrogen) atoms. The first-order valence-electron chi connectivity index (χ1n) is 15.8. The molecule has 0 N–H and O–H groups in total. The molecule has 3 heteroatoms. The zero-order valence-corrected chi connectivity index (χ0v) is 30.1. The fourth-order valence-corrected chi connectivity index (χ4v) is 59.0. The average Bonchev–Trinajstić information content (AvgIpc) is 2.80. The van der Waals surface area contributed by atoms with E-state index in [2.05, 4.69) is 41.5 Å². The van der Waals surface area contributed by atoms with E-state index in [4.69, 9.17) is 1.41 Å². The summed E-state index contributed by atoms with van der Waals surface area (Å²) in [5.74, 6) is 0. The molecule has 0 unspecified atom stereocenters. The van der Waals surface area contributed by atoms with Crippen LogP contribution in [0, 0.1) is 0 Å². The van der Waals surface area contributed by atoms with Crippen molar-refractivity contribution in [3.8, 4) is 0 Å². The van der Waals surface area contributed by atoms with E-state index in [1.54, 1.807) is 26.6 Å². The normalized spacial score (nSPS) is 12.5. The zero-order valence-electron chi connectivity index (χ0n) is 24.4. The molecule has 0 atom stereocenters. The van der Waals surface area contributed by atoms with Crippen molar-refractivity contribution in [2.24, 2.45) is 0 Å². The summed E-state index contributed by atoms with van der Waals surface area (Å²) >= 11 is -5.16. The molecule has 0 fully saturated rings. The van der Waals surface area contributed by atoms with Gasteiger partial charge in [0.05, 0.1) is 0 Å². The van der Waals surface area contributed by atoms with Gasteiger partial charge in [0.25, 0.3) is 0 Å². The summed E-state index contributed by atoms with van der Waals surface area (Å²) in [6, 6.07) is 0. The molecule has 0 aromatic carbocycles. The zero-order chi connectivity index (χ0) is 24.7. The van der Waals surface area contributed by atoms with Crippen molar-refractivity contribution in [2.45, 2.75) is 184 Å². The van der Waals surface area contributed by atoms with E-state index in [9.17, 15) is 0 Å². The predicted octanol–water partition coefficient (Wildman–Crippen LogP) is 12.0. The minimum absolute atomic E-state index is 1.36. The van der Waals surface area contributed by atoms with Crippen LogP contribution in [0.3, 0.4) is 0 Å². The van der Waals surface area contributed by atoms with E-state index in [-0.39, 0.29) is 0 Å². The Morgan fingerprint density at radius 2 is 0.485 bits per heavy atom. The SMILES string of the molecule is CCCC[CH2][Sn]([CH2]CCCC)([CH2]CCCC)[O][Sn]([CH2]CCCC)([CH2]CCCC)[CH2]CCCC. The van der Waals surface area contributed by atoms with Crippen molar-refractivity contribution in [2.75, 3.05) is 0 Å². The van der Waals surface area contributed by atoms with Gasteiger partial charge in [0, 0.05) is 0 Å². The summed E-state index contributed by atoms with van der Waals surface area (Å²) < 4.78 is 17.5. The Morgan fingerprint density at radius 1 is 0.303 bits per heavy atom. The second-order valence-corrected chi connectivity index (χ2v) is 37.8. The summed E-state index contributed by atoms with van der Waals surface area (Å²) in [4.78, 5) is 0. The third kappa shape index (κ3) is 17.6. The molecule has 0 heterocycles. The molecule has 1 nitrogen and oxygen atoms in total. The minimum atomic E-state index is -2.58. The average molecular weight is 680 g/mol. The Labute approximate surface area is 221 Å². The van der Waals surface area contributed by atoms with E-state index < -0.39 is 37.6 Å². The first-order valence-corrected chi connectivity index (χ1v) is 30.2. The standard InChI is InChI=1S/6C5H11.O.2Sn/c6*1-3-5-4-2;;;/h6*1,3-5H2,2H3;;;. The van der Waals surface area contributed by atoms with Crippen molar-refractivity contribution in [1.29, 1.82) is 0 Å². The molecular weight excluding hydrogens is 614 g/mol. The van der Waals surface area contributed by atoms with Crippen LogP contribution >= 0.6 is 0 Å². The fourth-order valence-electron chi connectivity index (χ4n) is 5.70. The molecule has 0 aliphatic carbocycles. The Morgan fingerprint density at radius 3 is 0.636 bits per heavy atom. The van der Waals surface area contributed by atoms with Crippen LogP contribution in [0.25, 0.3) is 0 Å². The van der Waals surface area contributed by atoms with Crippen LogP contribution in [0.5, 0.6) is 0 Å². The summed E-state index contributed by atoms with van der Waals surface area (Å²) in [6.07, 6.45) is 25.7. The first-order chi connectivity index (χ1) is 16.1. The van der Waals surface area contributed by atoms with Crippen molar-refractivity contribution in [1.82, 2.24) is 0 Å². The number of hydrogen-bond acceptors (Lipinski definition) is 1. The van der Waals surface area contributed by atoms with Gasteiger partial charge < -0.3 is 0 Å². The fraction of sp³-hybridized carbons (Fsp3) is 1.00. The Kier molecular flexibility index (Phi) is 25.1. The quantitative estimate of drug-likeness (QED) is 0.0653. The number of hydrogen-bond donors (Lipinski definition) is 0. The molecule has 0 radical (unpaired) electrons. The van der Waals surface area contributed by atoms with Crippen LogP contribution in [0.2, 0.25) is 26.6 Å². The molecule has 0 spiro atoms. The third-order valence-corrected chi connectivity index (χ3v) is 48.6. The van der Waals surface area contributed by atoms with Crippen molar-refractivity contribution < 1.29 is 1.41 Å². The second-order valence-electron chi connectivity index (χ2n) is 11.2. The van der Waals surface area contributed by atoms with Gasteiger partial charge in [-0.05, 0) is 0 Å². The molecular formula is C30H66OSn2. The van der Waals surface area contributed by atoms with Gasteiger partial charge in [0.1, 0.15) is 0 Å². The van der Waals surface area contributed by atoms with Crippen LogP contribution in [0.1, 0.15) is 157 Å². The molecule has 0 rings (SSSR count). The Balaban J connectivity index is 5.91. The Bertz CT molecular complexity index is 310. The van der Waals surface area contributed by atoms with Crippen LogP contribution in [0.4, 0.5) is 0 Å². The summed E-state index contributed by atoms with van der Waals surface area (Å²) in [7, 11) is 0. The van der Waals surface area contributed by atoms with Gasteiger partial charge in [0.2, 0.25) is 0 Å². The maximum atomic E-state index is 8.13. The number of rotatable bonds is 26. The van der Waals surface area contributed by atoms with Crippen molar-refractivity contribution in [3.05, 3.63) is 0 Å². The van der Waals surface area contributed by atoms with E-state index in [0.29, 0.717) is 0 Å². The summed E-state index contributed by atoms with van der Waals surface area (Å²) in [6.45, 7) is 14.3. The molecule has 0 aliphatic rings. The third-order valence-electron chi connectivity index (χ3n) is 7.85. The van der Waals surface area contributed by atoms with E-state index >= 15 is 0 Å². The predicted molar refractivity (Wildman–Crippen MR) is 159 cm³/mol. The van der Waals surface area contributed by atoms with Gasteiger partial charge in [-0.15, -0.1) is 0 Å².